The number of carbonyl (C=O) groups excluding carboxylic acids is 1. The van der Waals surface area contributed by atoms with Gasteiger partial charge in [-0.3, -0.25) is 4.79 Å². The average Bonchev–Trinajstić information content (AvgIpc) is 3.11. The van der Waals surface area contributed by atoms with Crippen LogP contribution in [0.2, 0.25) is 0 Å². The smallest absolute Gasteiger partial charge is 0.345 e. The van der Waals surface area contributed by atoms with Crippen molar-refractivity contribution in [1.82, 2.24) is 9.21 Å². The van der Waals surface area contributed by atoms with Crippen LogP contribution in [0, 0.1) is 0 Å². The number of hydrogen-bond acceptors (Lipinski definition) is 4. The van der Waals surface area contributed by atoms with Gasteiger partial charge in [0.15, 0.2) is 5.76 Å². The molecule has 0 N–H and O–H groups in total. The average molecular weight is 351 g/mol. The van der Waals surface area contributed by atoms with E-state index in [1.54, 1.807) is 17.0 Å². The minimum absolute atomic E-state index is 0.108. The summed E-state index contributed by atoms with van der Waals surface area (Å²) in [5, 5.41) is 0. The van der Waals surface area contributed by atoms with Crippen LogP contribution >= 0.6 is 0 Å². The summed E-state index contributed by atoms with van der Waals surface area (Å²) in [7, 11) is -2.59. The Bertz CT molecular complexity index is 780. The molecule has 1 aromatic heterocycles. The SMILES string of the molecule is CC[C@@H]1CCCCN1C(=O)C1=CC(c2ccco2)=NS(=O)(=O)N1C. The first-order chi connectivity index (χ1) is 11.4. The van der Waals surface area contributed by atoms with Crippen molar-refractivity contribution in [1.29, 1.82) is 0 Å². The van der Waals surface area contributed by atoms with Gasteiger partial charge < -0.3 is 9.32 Å². The number of piperidine rings is 1. The second kappa shape index (κ2) is 6.43. The molecule has 1 atom stereocenters. The van der Waals surface area contributed by atoms with Gasteiger partial charge in [0.2, 0.25) is 0 Å². The Morgan fingerprint density at radius 2 is 2.21 bits per heavy atom. The van der Waals surface area contributed by atoms with Gasteiger partial charge in [-0.1, -0.05) is 6.92 Å². The largest absolute Gasteiger partial charge is 0.463 e. The maximum atomic E-state index is 13.0. The highest BCUT2D eigenvalue weighted by atomic mass is 32.2. The lowest BCUT2D eigenvalue weighted by molar-refractivity contribution is -0.131. The van der Waals surface area contributed by atoms with Crippen molar-refractivity contribution in [3.05, 3.63) is 35.9 Å². The molecule has 3 rings (SSSR count). The normalized spacial score (nSPS) is 23.7. The van der Waals surface area contributed by atoms with E-state index in [0.717, 1.165) is 30.0 Å². The minimum Gasteiger partial charge on any atom is -0.463 e. The molecule has 130 valence electrons. The summed E-state index contributed by atoms with van der Waals surface area (Å²) < 4.78 is 34.6. The molecular weight excluding hydrogens is 330 g/mol. The van der Waals surface area contributed by atoms with Crippen LogP contribution in [0.1, 0.15) is 38.4 Å². The number of rotatable bonds is 3. The fourth-order valence-electron chi connectivity index (χ4n) is 3.13. The van der Waals surface area contributed by atoms with E-state index in [4.69, 9.17) is 4.42 Å². The van der Waals surface area contributed by atoms with Gasteiger partial charge >= 0.3 is 10.2 Å². The molecule has 1 aromatic rings. The molecular formula is C16H21N3O4S. The third kappa shape index (κ3) is 2.98. The first-order valence-electron chi connectivity index (χ1n) is 8.09. The molecule has 3 heterocycles. The van der Waals surface area contributed by atoms with Crippen LogP contribution in [-0.4, -0.2) is 48.9 Å². The number of hydrogen-bond donors (Lipinski definition) is 0. The second-order valence-corrected chi connectivity index (χ2v) is 7.61. The fourth-order valence-corrected chi connectivity index (χ4v) is 4.03. The zero-order chi connectivity index (χ0) is 17.3. The summed E-state index contributed by atoms with van der Waals surface area (Å²) >= 11 is 0. The van der Waals surface area contributed by atoms with Crippen molar-refractivity contribution < 1.29 is 17.6 Å². The Morgan fingerprint density at radius 1 is 1.42 bits per heavy atom. The summed E-state index contributed by atoms with van der Waals surface area (Å²) in [5.41, 5.74) is 0.253. The molecule has 2 aliphatic rings. The molecule has 7 nitrogen and oxygen atoms in total. The standard InChI is InChI=1S/C16H21N3O4S/c1-3-12-7-4-5-9-19(12)16(20)14-11-13(15-8-6-10-23-15)17-24(21,22)18(14)2/h6,8,10-12H,3-5,7,9H2,1-2H3/t12-/m1/s1. The molecule has 0 unspecified atom stereocenters. The maximum absolute atomic E-state index is 13.0. The van der Waals surface area contributed by atoms with Gasteiger partial charge in [0, 0.05) is 19.6 Å². The van der Waals surface area contributed by atoms with E-state index in [2.05, 4.69) is 4.40 Å². The number of amides is 1. The van der Waals surface area contributed by atoms with Crippen LogP contribution in [0.4, 0.5) is 0 Å². The van der Waals surface area contributed by atoms with Crippen molar-refractivity contribution >= 4 is 21.8 Å². The minimum atomic E-state index is -3.95. The Balaban J connectivity index is 1.98. The van der Waals surface area contributed by atoms with Gasteiger partial charge in [0.1, 0.15) is 11.4 Å². The third-order valence-corrected chi connectivity index (χ3v) is 5.84. The highest BCUT2D eigenvalue weighted by molar-refractivity contribution is 7.88. The van der Waals surface area contributed by atoms with E-state index >= 15 is 0 Å². The number of likely N-dealkylation sites (N-methyl/N-ethyl adjacent to an activating group) is 1. The summed E-state index contributed by atoms with van der Waals surface area (Å²) in [6.07, 6.45) is 6.76. The molecule has 1 fully saturated rings. The lowest BCUT2D eigenvalue weighted by atomic mass is 9.99. The summed E-state index contributed by atoms with van der Waals surface area (Å²) in [6, 6.07) is 3.42. The Morgan fingerprint density at radius 3 is 2.88 bits per heavy atom. The number of nitrogens with zero attached hydrogens (tertiary/aromatic N) is 3. The van der Waals surface area contributed by atoms with Gasteiger partial charge in [-0.15, -0.1) is 4.40 Å². The molecule has 0 aliphatic carbocycles. The zero-order valence-electron chi connectivity index (χ0n) is 13.8. The van der Waals surface area contributed by atoms with E-state index in [0.29, 0.717) is 12.3 Å². The van der Waals surface area contributed by atoms with E-state index < -0.39 is 10.2 Å². The molecule has 0 saturated carbocycles. The molecule has 0 aromatic carbocycles. The maximum Gasteiger partial charge on any atom is 0.345 e. The van der Waals surface area contributed by atoms with Crippen molar-refractivity contribution in [2.75, 3.05) is 13.6 Å². The summed E-state index contributed by atoms with van der Waals surface area (Å²) in [6.45, 7) is 2.69. The van der Waals surface area contributed by atoms with Gasteiger partial charge in [0.05, 0.1) is 6.26 Å². The van der Waals surface area contributed by atoms with Crippen LogP contribution in [0.25, 0.3) is 0 Å². The highest BCUT2D eigenvalue weighted by Gasteiger charge is 2.35. The number of likely N-dealkylation sites (tertiary alicyclic amines) is 1. The number of furan rings is 1. The van der Waals surface area contributed by atoms with Crippen molar-refractivity contribution in [2.24, 2.45) is 4.40 Å². The number of allylic oxidation sites excluding steroid dienone is 1. The first kappa shape index (κ1) is 16.8. The predicted molar refractivity (Wildman–Crippen MR) is 89.7 cm³/mol. The zero-order valence-corrected chi connectivity index (χ0v) is 14.6. The van der Waals surface area contributed by atoms with Crippen LogP contribution in [0.5, 0.6) is 0 Å². The van der Waals surface area contributed by atoms with E-state index in [1.807, 2.05) is 6.92 Å². The van der Waals surface area contributed by atoms with Gasteiger partial charge in [0.25, 0.3) is 5.91 Å². The van der Waals surface area contributed by atoms with Crippen molar-refractivity contribution in [3.8, 4) is 0 Å². The molecule has 8 heteroatoms. The Kier molecular flexibility index (Phi) is 4.49. The van der Waals surface area contributed by atoms with Gasteiger partial charge in [-0.25, -0.2) is 4.31 Å². The molecule has 1 amide bonds. The fraction of sp³-hybridized carbons (Fsp3) is 0.500. The molecule has 0 radical (unpaired) electrons. The summed E-state index contributed by atoms with van der Waals surface area (Å²) in [5.74, 6) is 0.0502. The van der Waals surface area contributed by atoms with Crippen LogP contribution in [-0.2, 0) is 15.0 Å². The topological polar surface area (TPSA) is 83.2 Å². The Labute approximate surface area is 141 Å². The molecule has 24 heavy (non-hydrogen) atoms. The molecule has 0 spiro atoms. The molecule has 0 bridgehead atoms. The van der Waals surface area contributed by atoms with Crippen molar-refractivity contribution in [3.63, 3.8) is 0 Å². The Hall–Kier alpha value is -2.09. The van der Waals surface area contributed by atoms with Gasteiger partial charge in [-0.2, -0.15) is 8.42 Å². The highest BCUT2D eigenvalue weighted by Crippen LogP contribution is 2.26. The summed E-state index contributed by atoms with van der Waals surface area (Å²) in [4.78, 5) is 14.8. The van der Waals surface area contributed by atoms with Crippen LogP contribution in [0.3, 0.4) is 0 Å². The van der Waals surface area contributed by atoms with E-state index in [-0.39, 0.29) is 23.4 Å². The van der Waals surface area contributed by atoms with Crippen LogP contribution in [0.15, 0.2) is 39.0 Å². The second-order valence-electron chi connectivity index (χ2n) is 5.99. The van der Waals surface area contributed by atoms with Crippen LogP contribution < -0.4 is 0 Å². The molecule has 1 saturated heterocycles. The third-order valence-electron chi connectivity index (χ3n) is 4.52. The molecule has 2 aliphatic heterocycles. The lowest BCUT2D eigenvalue weighted by Gasteiger charge is -2.37. The number of carbonyl (C=O) groups is 1. The monoisotopic (exact) mass is 351 g/mol. The van der Waals surface area contributed by atoms with Gasteiger partial charge in [-0.05, 0) is 43.9 Å². The van der Waals surface area contributed by atoms with E-state index in [1.165, 1.54) is 19.4 Å². The predicted octanol–water partition coefficient (Wildman–Crippen LogP) is 1.93. The first-order valence-corrected chi connectivity index (χ1v) is 9.49. The van der Waals surface area contributed by atoms with E-state index in [9.17, 15) is 13.2 Å². The lowest BCUT2D eigenvalue weighted by Crippen LogP contribution is -2.47. The van der Waals surface area contributed by atoms with Crippen molar-refractivity contribution in [2.45, 2.75) is 38.6 Å². The quantitative estimate of drug-likeness (QED) is 0.833.